The van der Waals surface area contributed by atoms with Gasteiger partial charge in [0.25, 0.3) is 0 Å². The average Bonchev–Trinajstić information content (AvgIpc) is 2.91. The second-order valence-electron chi connectivity index (χ2n) is 4.42. The van der Waals surface area contributed by atoms with E-state index in [9.17, 15) is 0 Å². The van der Waals surface area contributed by atoms with E-state index < -0.39 is 0 Å². The minimum atomic E-state index is 0.818. The fourth-order valence-corrected chi connectivity index (χ4v) is 1.99. The average molecular weight is 262 g/mol. The Morgan fingerprint density at radius 3 is 2.85 bits per heavy atom. The summed E-state index contributed by atoms with van der Waals surface area (Å²) in [5.74, 6) is 6.19. The van der Waals surface area contributed by atoms with Crippen LogP contribution in [0, 0.1) is 11.8 Å². The number of aromatic nitrogens is 4. The Morgan fingerprint density at radius 1 is 1.05 bits per heavy atom. The number of unbranched alkanes of at least 4 members (excludes halogenated alkanes) is 1. The number of pyridine rings is 1. The van der Waals surface area contributed by atoms with Gasteiger partial charge in [0, 0.05) is 19.2 Å². The highest BCUT2D eigenvalue weighted by Gasteiger charge is 2.01. The van der Waals surface area contributed by atoms with E-state index in [1.54, 1.807) is 6.20 Å². The molecule has 4 nitrogen and oxygen atoms in total. The third-order valence-electron chi connectivity index (χ3n) is 2.97. The number of benzene rings is 1. The van der Waals surface area contributed by atoms with E-state index in [4.69, 9.17) is 0 Å². The summed E-state index contributed by atoms with van der Waals surface area (Å²) >= 11 is 0. The first kappa shape index (κ1) is 12.4. The molecule has 0 saturated heterocycles. The van der Waals surface area contributed by atoms with Gasteiger partial charge in [-0.05, 0) is 36.6 Å². The standard InChI is InChI=1S/C16H14N4/c1(2-8-14-9-5-6-12-17-14)7-13-20-16-11-4-3-10-15(16)18-19-20/h3-6,9-12H,1,7,13H2. The molecule has 0 fully saturated rings. The van der Waals surface area contributed by atoms with Crippen LogP contribution in [0.2, 0.25) is 0 Å². The van der Waals surface area contributed by atoms with Crippen molar-refractivity contribution in [3.8, 4) is 11.8 Å². The van der Waals surface area contributed by atoms with Crippen LogP contribution >= 0.6 is 0 Å². The molecular formula is C16H14N4. The molecule has 0 N–H and O–H groups in total. The Hall–Kier alpha value is -2.67. The van der Waals surface area contributed by atoms with Crippen molar-refractivity contribution >= 4 is 11.0 Å². The molecule has 2 aromatic heterocycles. The molecule has 98 valence electrons. The van der Waals surface area contributed by atoms with E-state index in [0.29, 0.717) is 0 Å². The molecule has 0 unspecified atom stereocenters. The predicted molar refractivity (Wildman–Crippen MR) is 77.9 cm³/mol. The van der Waals surface area contributed by atoms with Crippen LogP contribution in [0.15, 0.2) is 48.7 Å². The van der Waals surface area contributed by atoms with Crippen LogP contribution in [0.1, 0.15) is 18.5 Å². The van der Waals surface area contributed by atoms with E-state index in [1.165, 1.54) is 0 Å². The van der Waals surface area contributed by atoms with Crippen LogP contribution < -0.4 is 0 Å². The third kappa shape index (κ3) is 2.83. The topological polar surface area (TPSA) is 43.6 Å². The van der Waals surface area contributed by atoms with Gasteiger partial charge >= 0.3 is 0 Å². The quantitative estimate of drug-likeness (QED) is 0.538. The number of hydrogen-bond donors (Lipinski definition) is 0. The highest BCUT2D eigenvalue weighted by atomic mass is 15.4. The fourth-order valence-electron chi connectivity index (χ4n) is 1.99. The summed E-state index contributed by atoms with van der Waals surface area (Å²) in [5.41, 5.74) is 2.83. The summed E-state index contributed by atoms with van der Waals surface area (Å²) < 4.78 is 1.93. The number of para-hydroxylation sites is 1. The molecule has 1 aromatic carbocycles. The lowest BCUT2D eigenvalue weighted by Gasteiger charge is -1.98. The monoisotopic (exact) mass is 262 g/mol. The molecule has 0 spiro atoms. The zero-order chi connectivity index (χ0) is 13.6. The van der Waals surface area contributed by atoms with Crippen molar-refractivity contribution in [1.29, 1.82) is 0 Å². The first-order valence-electron chi connectivity index (χ1n) is 6.61. The zero-order valence-corrected chi connectivity index (χ0v) is 11.0. The zero-order valence-electron chi connectivity index (χ0n) is 11.0. The highest BCUT2D eigenvalue weighted by molar-refractivity contribution is 5.73. The smallest absolute Gasteiger partial charge is 0.113 e. The molecule has 0 saturated carbocycles. The van der Waals surface area contributed by atoms with Gasteiger partial charge in [0.15, 0.2) is 0 Å². The number of nitrogens with zero attached hydrogens (tertiary/aromatic N) is 4. The number of rotatable bonds is 3. The summed E-state index contributed by atoms with van der Waals surface area (Å²) in [7, 11) is 0. The van der Waals surface area contributed by atoms with Crippen molar-refractivity contribution in [2.45, 2.75) is 19.4 Å². The molecule has 3 aromatic rings. The van der Waals surface area contributed by atoms with E-state index in [0.717, 1.165) is 36.1 Å². The van der Waals surface area contributed by atoms with Crippen LogP contribution in [0.4, 0.5) is 0 Å². The van der Waals surface area contributed by atoms with Gasteiger partial charge in [-0.15, -0.1) is 5.10 Å². The molecule has 0 aliphatic carbocycles. The molecule has 3 rings (SSSR count). The van der Waals surface area contributed by atoms with E-state index >= 15 is 0 Å². The number of fused-ring (bicyclic) bond motifs is 1. The van der Waals surface area contributed by atoms with E-state index in [-0.39, 0.29) is 0 Å². The van der Waals surface area contributed by atoms with Crippen molar-refractivity contribution in [3.05, 3.63) is 54.4 Å². The lowest BCUT2D eigenvalue weighted by atomic mass is 10.2. The van der Waals surface area contributed by atoms with Gasteiger partial charge in [0.2, 0.25) is 0 Å². The van der Waals surface area contributed by atoms with E-state index in [2.05, 4.69) is 27.1 Å². The maximum absolute atomic E-state index is 4.17. The van der Waals surface area contributed by atoms with Gasteiger partial charge in [0.1, 0.15) is 11.2 Å². The van der Waals surface area contributed by atoms with Crippen molar-refractivity contribution in [2.24, 2.45) is 0 Å². The van der Waals surface area contributed by atoms with Crippen LogP contribution in [0.5, 0.6) is 0 Å². The van der Waals surface area contributed by atoms with E-state index in [1.807, 2.05) is 47.1 Å². The lowest BCUT2D eigenvalue weighted by molar-refractivity contribution is 0.581. The van der Waals surface area contributed by atoms with Crippen LogP contribution in [0.3, 0.4) is 0 Å². The lowest BCUT2D eigenvalue weighted by Crippen LogP contribution is -1.99. The molecule has 4 heteroatoms. The Labute approximate surface area is 117 Å². The summed E-state index contributed by atoms with van der Waals surface area (Å²) in [5, 5.41) is 8.29. The SMILES string of the molecule is C(#Cc1ccccn1)CCCn1nnc2ccccc21. The van der Waals surface area contributed by atoms with Gasteiger partial charge in [0.05, 0.1) is 5.52 Å². The van der Waals surface area contributed by atoms with Crippen LogP contribution in [-0.4, -0.2) is 20.0 Å². The maximum Gasteiger partial charge on any atom is 0.113 e. The molecule has 20 heavy (non-hydrogen) atoms. The number of aryl methyl sites for hydroxylation is 1. The largest absolute Gasteiger partial charge is 0.248 e. The minimum absolute atomic E-state index is 0.818. The van der Waals surface area contributed by atoms with Gasteiger partial charge in [-0.2, -0.15) is 0 Å². The van der Waals surface area contributed by atoms with Crippen molar-refractivity contribution in [3.63, 3.8) is 0 Å². The summed E-state index contributed by atoms with van der Waals surface area (Å²) in [4.78, 5) is 4.17. The third-order valence-corrected chi connectivity index (χ3v) is 2.97. The molecular weight excluding hydrogens is 248 g/mol. The van der Waals surface area contributed by atoms with Gasteiger partial charge in [-0.1, -0.05) is 29.3 Å². The highest BCUT2D eigenvalue weighted by Crippen LogP contribution is 2.10. The Bertz CT molecular complexity index is 750. The first-order valence-corrected chi connectivity index (χ1v) is 6.61. The molecule has 0 amide bonds. The first-order chi connectivity index (χ1) is 9.93. The maximum atomic E-state index is 4.17. The fraction of sp³-hybridized carbons (Fsp3) is 0.188. The summed E-state index contributed by atoms with van der Waals surface area (Å²) in [6, 6.07) is 13.7. The predicted octanol–water partition coefficient (Wildman–Crippen LogP) is 2.66. The molecule has 0 aliphatic heterocycles. The van der Waals surface area contributed by atoms with Gasteiger partial charge in [-0.3, -0.25) is 0 Å². The normalized spacial score (nSPS) is 10.2. The number of hydrogen-bond acceptors (Lipinski definition) is 3. The second kappa shape index (κ2) is 5.98. The molecule has 0 aliphatic rings. The van der Waals surface area contributed by atoms with Crippen molar-refractivity contribution in [2.75, 3.05) is 0 Å². The van der Waals surface area contributed by atoms with Crippen molar-refractivity contribution in [1.82, 2.24) is 20.0 Å². The summed E-state index contributed by atoms with van der Waals surface area (Å²) in [6.07, 6.45) is 3.53. The molecule has 0 radical (unpaired) electrons. The molecule has 0 atom stereocenters. The van der Waals surface area contributed by atoms with Gasteiger partial charge < -0.3 is 0 Å². The van der Waals surface area contributed by atoms with Gasteiger partial charge in [-0.25, -0.2) is 9.67 Å². The van der Waals surface area contributed by atoms with Crippen LogP contribution in [-0.2, 0) is 6.54 Å². The molecule has 2 heterocycles. The second-order valence-corrected chi connectivity index (χ2v) is 4.42. The Kier molecular flexibility index (Phi) is 3.70. The van der Waals surface area contributed by atoms with Crippen molar-refractivity contribution < 1.29 is 0 Å². The minimum Gasteiger partial charge on any atom is -0.248 e. The Balaban J connectivity index is 1.57. The van der Waals surface area contributed by atoms with Crippen LogP contribution in [0.25, 0.3) is 11.0 Å². The summed E-state index contributed by atoms with van der Waals surface area (Å²) in [6.45, 7) is 0.831. The molecule has 0 bridgehead atoms. The Morgan fingerprint density at radius 2 is 1.95 bits per heavy atom.